The monoisotopic (exact) mass is 422 g/mol. The molecule has 1 heterocycles. The SMILES string of the molecule is COc1ccccc1NC(=O)c1ccc2c(c1)CCCN2S(=O)(=O)c1ccccc1. The molecule has 0 aliphatic carbocycles. The van der Waals surface area contributed by atoms with E-state index in [1.807, 2.05) is 12.1 Å². The number of fused-ring (bicyclic) bond motifs is 1. The van der Waals surface area contributed by atoms with Crippen LogP contribution in [-0.4, -0.2) is 28.0 Å². The Labute approximate surface area is 176 Å². The van der Waals surface area contributed by atoms with Crippen LogP contribution in [0.5, 0.6) is 5.75 Å². The zero-order valence-electron chi connectivity index (χ0n) is 16.5. The van der Waals surface area contributed by atoms with Crippen LogP contribution >= 0.6 is 0 Å². The Hall–Kier alpha value is -3.32. The molecule has 1 aliphatic heterocycles. The maximum absolute atomic E-state index is 13.1. The minimum Gasteiger partial charge on any atom is -0.495 e. The number of methoxy groups -OCH3 is 1. The van der Waals surface area contributed by atoms with Gasteiger partial charge in [-0.05, 0) is 60.9 Å². The molecule has 0 fully saturated rings. The maximum atomic E-state index is 13.1. The van der Waals surface area contributed by atoms with Gasteiger partial charge in [-0.3, -0.25) is 9.10 Å². The van der Waals surface area contributed by atoms with Crippen molar-refractivity contribution in [3.8, 4) is 5.75 Å². The molecule has 0 unspecified atom stereocenters. The van der Waals surface area contributed by atoms with E-state index in [1.54, 1.807) is 67.8 Å². The normalized spacial score (nSPS) is 13.4. The number of hydrogen-bond donors (Lipinski definition) is 1. The lowest BCUT2D eigenvalue weighted by molar-refractivity contribution is 0.102. The van der Waals surface area contributed by atoms with Gasteiger partial charge in [-0.1, -0.05) is 30.3 Å². The molecule has 3 aromatic carbocycles. The summed E-state index contributed by atoms with van der Waals surface area (Å²) < 4.78 is 32.9. The fourth-order valence-electron chi connectivity index (χ4n) is 3.62. The molecule has 1 amide bonds. The van der Waals surface area contributed by atoms with Crippen LogP contribution in [0.4, 0.5) is 11.4 Å². The number of rotatable bonds is 5. The van der Waals surface area contributed by atoms with Crippen LogP contribution in [0.3, 0.4) is 0 Å². The van der Waals surface area contributed by atoms with E-state index in [0.717, 1.165) is 5.56 Å². The largest absolute Gasteiger partial charge is 0.495 e. The summed E-state index contributed by atoms with van der Waals surface area (Å²) in [5, 5.41) is 2.86. The van der Waals surface area contributed by atoms with Gasteiger partial charge >= 0.3 is 0 Å². The van der Waals surface area contributed by atoms with E-state index in [4.69, 9.17) is 4.74 Å². The first-order valence-electron chi connectivity index (χ1n) is 9.66. The van der Waals surface area contributed by atoms with Crippen LogP contribution in [0.15, 0.2) is 77.7 Å². The van der Waals surface area contributed by atoms with Crippen molar-refractivity contribution in [2.75, 3.05) is 23.3 Å². The van der Waals surface area contributed by atoms with Crippen LogP contribution in [0.25, 0.3) is 0 Å². The Bertz CT molecular complexity index is 1180. The number of amides is 1. The summed E-state index contributed by atoms with van der Waals surface area (Å²) in [4.78, 5) is 13.0. The van der Waals surface area contributed by atoms with Crippen molar-refractivity contribution in [2.45, 2.75) is 17.7 Å². The summed E-state index contributed by atoms with van der Waals surface area (Å²) in [5.41, 5.74) is 2.52. The fourth-order valence-corrected chi connectivity index (χ4v) is 5.18. The number of anilines is 2. The van der Waals surface area contributed by atoms with Crippen LogP contribution in [-0.2, 0) is 16.4 Å². The second-order valence-corrected chi connectivity index (χ2v) is 8.85. The van der Waals surface area contributed by atoms with Gasteiger partial charge in [-0.15, -0.1) is 0 Å². The second-order valence-electron chi connectivity index (χ2n) is 6.99. The number of carbonyl (C=O) groups excluding carboxylic acids is 1. The van der Waals surface area contributed by atoms with Gasteiger partial charge < -0.3 is 10.1 Å². The van der Waals surface area contributed by atoms with Crippen LogP contribution < -0.4 is 14.4 Å². The van der Waals surface area contributed by atoms with Crippen molar-refractivity contribution in [3.05, 3.63) is 83.9 Å². The predicted molar refractivity (Wildman–Crippen MR) is 117 cm³/mol. The lowest BCUT2D eigenvalue weighted by Gasteiger charge is -2.30. The first kappa shape index (κ1) is 20.0. The molecule has 1 aliphatic rings. The number of benzene rings is 3. The summed E-state index contributed by atoms with van der Waals surface area (Å²) in [6.07, 6.45) is 1.41. The zero-order valence-corrected chi connectivity index (χ0v) is 17.4. The Morgan fingerprint density at radius 2 is 1.73 bits per heavy atom. The van der Waals surface area contributed by atoms with E-state index >= 15 is 0 Å². The number of carbonyl (C=O) groups is 1. The molecule has 0 atom stereocenters. The van der Waals surface area contributed by atoms with Crippen LogP contribution in [0, 0.1) is 0 Å². The number of nitrogens with one attached hydrogen (secondary N) is 1. The van der Waals surface area contributed by atoms with Crippen LogP contribution in [0.1, 0.15) is 22.3 Å². The highest BCUT2D eigenvalue weighted by Gasteiger charge is 2.29. The standard InChI is InChI=1S/C23H22N2O4S/c1-29-22-12-6-5-11-20(22)24-23(26)18-13-14-21-17(16-18)8-7-15-25(21)30(27,28)19-9-3-2-4-10-19/h2-6,9-14,16H,7-8,15H2,1H3,(H,24,26). The highest BCUT2D eigenvalue weighted by Crippen LogP contribution is 2.33. The van der Waals surface area contributed by atoms with Gasteiger partial charge in [-0.25, -0.2) is 8.42 Å². The molecule has 4 rings (SSSR count). The Kier molecular flexibility index (Phi) is 5.46. The minimum absolute atomic E-state index is 0.260. The molecule has 0 radical (unpaired) electrons. The molecule has 0 bridgehead atoms. The Morgan fingerprint density at radius 3 is 2.50 bits per heavy atom. The molecule has 154 valence electrons. The number of hydrogen-bond acceptors (Lipinski definition) is 4. The first-order valence-corrected chi connectivity index (χ1v) is 11.1. The molecule has 0 saturated carbocycles. The summed E-state index contributed by atoms with van der Waals surface area (Å²) in [6, 6.07) is 20.7. The number of sulfonamides is 1. The van der Waals surface area contributed by atoms with Gasteiger partial charge in [-0.2, -0.15) is 0 Å². The van der Waals surface area contributed by atoms with Gasteiger partial charge in [0.05, 0.1) is 23.4 Å². The van der Waals surface area contributed by atoms with Gasteiger partial charge in [0.1, 0.15) is 5.75 Å². The van der Waals surface area contributed by atoms with Crippen molar-refractivity contribution in [1.29, 1.82) is 0 Å². The molecular weight excluding hydrogens is 400 g/mol. The van der Waals surface area contributed by atoms with Gasteiger partial charge in [0.2, 0.25) is 0 Å². The molecule has 0 aromatic heterocycles. The molecular formula is C23H22N2O4S. The molecule has 1 N–H and O–H groups in total. The predicted octanol–water partition coefficient (Wildman–Crippen LogP) is 4.09. The summed E-state index contributed by atoms with van der Waals surface area (Å²) in [5.74, 6) is 0.300. The highest BCUT2D eigenvalue weighted by atomic mass is 32.2. The maximum Gasteiger partial charge on any atom is 0.264 e. The Morgan fingerprint density at radius 1 is 1.00 bits per heavy atom. The van der Waals surface area contributed by atoms with E-state index in [0.29, 0.717) is 42.1 Å². The van der Waals surface area contributed by atoms with E-state index in [1.165, 1.54) is 4.31 Å². The molecule has 30 heavy (non-hydrogen) atoms. The summed E-state index contributed by atoms with van der Waals surface area (Å²) in [6.45, 7) is 0.414. The van der Waals surface area contributed by atoms with Crippen molar-refractivity contribution in [1.82, 2.24) is 0 Å². The van der Waals surface area contributed by atoms with Crippen LogP contribution in [0.2, 0.25) is 0 Å². The average Bonchev–Trinajstić information content (AvgIpc) is 2.79. The zero-order chi connectivity index (χ0) is 21.1. The third kappa shape index (κ3) is 3.76. The van der Waals surface area contributed by atoms with Gasteiger partial charge in [0.25, 0.3) is 15.9 Å². The topological polar surface area (TPSA) is 75.7 Å². The molecule has 0 spiro atoms. The van der Waals surface area contributed by atoms with Crippen molar-refractivity contribution < 1.29 is 17.9 Å². The summed E-state index contributed by atoms with van der Waals surface area (Å²) >= 11 is 0. The van der Waals surface area contributed by atoms with Crippen molar-refractivity contribution in [2.24, 2.45) is 0 Å². The first-order chi connectivity index (χ1) is 14.5. The lowest BCUT2D eigenvalue weighted by atomic mass is 10.0. The van der Waals surface area contributed by atoms with E-state index in [2.05, 4.69) is 5.32 Å². The van der Waals surface area contributed by atoms with E-state index in [-0.39, 0.29) is 10.8 Å². The van der Waals surface area contributed by atoms with Crippen molar-refractivity contribution in [3.63, 3.8) is 0 Å². The summed E-state index contributed by atoms with van der Waals surface area (Å²) in [7, 11) is -2.10. The molecule has 0 saturated heterocycles. The average molecular weight is 423 g/mol. The molecule has 6 nitrogen and oxygen atoms in total. The quantitative estimate of drug-likeness (QED) is 0.672. The van der Waals surface area contributed by atoms with E-state index < -0.39 is 10.0 Å². The molecule has 3 aromatic rings. The lowest BCUT2D eigenvalue weighted by Crippen LogP contribution is -2.35. The van der Waals surface area contributed by atoms with Gasteiger partial charge in [0, 0.05) is 12.1 Å². The number of ether oxygens (including phenoxy) is 1. The number of para-hydroxylation sites is 2. The number of aryl methyl sites for hydroxylation is 1. The molecule has 7 heteroatoms. The second kappa shape index (κ2) is 8.20. The van der Waals surface area contributed by atoms with E-state index in [9.17, 15) is 13.2 Å². The highest BCUT2D eigenvalue weighted by molar-refractivity contribution is 7.92. The Balaban J connectivity index is 1.63. The third-order valence-electron chi connectivity index (χ3n) is 5.10. The van der Waals surface area contributed by atoms with Crippen molar-refractivity contribution >= 4 is 27.3 Å². The number of nitrogens with zero attached hydrogens (tertiary/aromatic N) is 1. The smallest absolute Gasteiger partial charge is 0.264 e. The van der Waals surface area contributed by atoms with Gasteiger partial charge in [0.15, 0.2) is 0 Å². The third-order valence-corrected chi connectivity index (χ3v) is 6.93. The fraction of sp³-hybridized carbons (Fsp3) is 0.174. The minimum atomic E-state index is -3.65.